The molecular formula is C46H26OS. The zero-order valence-electron chi connectivity index (χ0n) is 25.8. The highest BCUT2D eigenvalue weighted by Crippen LogP contribution is 2.47. The van der Waals surface area contributed by atoms with E-state index in [1.807, 2.05) is 11.3 Å². The zero-order valence-corrected chi connectivity index (χ0v) is 26.6. The molecule has 11 rings (SSSR count). The summed E-state index contributed by atoms with van der Waals surface area (Å²) in [4.78, 5) is 0. The van der Waals surface area contributed by atoms with Gasteiger partial charge < -0.3 is 4.42 Å². The van der Waals surface area contributed by atoms with E-state index in [0.29, 0.717) is 0 Å². The fourth-order valence-electron chi connectivity index (χ4n) is 8.19. The van der Waals surface area contributed by atoms with Crippen LogP contribution in [-0.2, 0) is 0 Å². The van der Waals surface area contributed by atoms with Gasteiger partial charge in [-0.2, -0.15) is 0 Å². The van der Waals surface area contributed by atoms with Gasteiger partial charge in [0.1, 0.15) is 11.2 Å². The molecule has 0 fully saturated rings. The van der Waals surface area contributed by atoms with E-state index in [4.69, 9.17) is 4.42 Å². The van der Waals surface area contributed by atoms with Crippen molar-refractivity contribution in [1.82, 2.24) is 0 Å². The fraction of sp³-hybridized carbons (Fsp3) is 0. The van der Waals surface area contributed by atoms with Gasteiger partial charge in [-0.3, -0.25) is 0 Å². The highest BCUT2D eigenvalue weighted by atomic mass is 32.1. The molecule has 2 aromatic heterocycles. The Labute approximate surface area is 279 Å². The summed E-state index contributed by atoms with van der Waals surface area (Å²) >= 11 is 1.87. The molecule has 48 heavy (non-hydrogen) atoms. The quantitative estimate of drug-likeness (QED) is 0.137. The summed E-state index contributed by atoms with van der Waals surface area (Å²) in [5, 5.41) is 14.8. The third kappa shape index (κ3) is 3.55. The highest BCUT2D eigenvalue weighted by Gasteiger charge is 2.20. The van der Waals surface area contributed by atoms with E-state index in [-0.39, 0.29) is 0 Å². The molecule has 2 heterocycles. The maximum Gasteiger partial charge on any atom is 0.143 e. The topological polar surface area (TPSA) is 13.1 Å². The van der Waals surface area contributed by atoms with Gasteiger partial charge in [-0.1, -0.05) is 127 Å². The fourth-order valence-corrected chi connectivity index (χ4v) is 9.28. The molecule has 0 saturated carbocycles. The van der Waals surface area contributed by atoms with E-state index in [2.05, 4.69) is 158 Å². The molecule has 0 atom stereocenters. The number of thiophene rings is 1. The second-order valence-corrected chi connectivity index (χ2v) is 13.8. The minimum absolute atomic E-state index is 0.913. The van der Waals surface area contributed by atoms with Crippen LogP contribution in [0, 0.1) is 0 Å². The molecule has 9 aromatic carbocycles. The number of furan rings is 1. The van der Waals surface area contributed by atoms with E-state index >= 15 is 0 Å². The predicted molar refractivity (Wildman–Crippen MR) is 208 cm³/mol. The molecular weight excluding hydrogens is 601 g/mol. The van der Waals surface area contributed by atoms with Crippen LogP contribution in [0.2, 0.25) is 0 Å². The lowest BCUT2D eigenvalue weighted by Crippen LogP contribution is -1.90. The average molecular weight is 627 g/mol. The van der Waals surface area contributed by atoms with Gasteiger partial charge in [0.2, 0.25) is 0 Å². The molecule has 0 unspecified atom stereocenters. The van der Waals surface area contributed by atoms with Gasteiger partial charge in [0, 0.05) is 36.3 Å². The Morgan fingerprint density at radius 3 is 1.48 bits per heavy atom. The Kier molecular flexibility index (Phi) is 5.32. The van der Waals surface area contributed by atoms with Crippen molar-refractivity contribution in [3.05, 3.63) is 158 Å². The Hall–Kier alpha value is -5.96. The van der Waals surface area contributed by atoms with Gasteiger partial charge in [-0.15, -0.1) is 11.3 Å². The Bertz CT molecular complexity index is 3060. The number of hydrogen-bond acceptors (Lipinski definition) is 2. The Morgan fingerprint density at radius 2 is 0.812 bits per heavy atom. The van der Waals surface area contributed by atoms with Crippen molar-refractivity contribution in [1.29, 1.82) is 0 Å². The van der Waals surface area contributed by atoms with Crippen molar-refractivity contribution in [2.45, 2.75) is 0 Å². The van der Waals surface area contributed by atoms with E-state index in [0.717, 1.165) is 27.5 Å². The van der Waals surface area contributed by atoms with Crippen LogP contribution >= 0.6 is 11.3 Å². The van der Waals surface area contributed by atoms with E-state index in [1.165, 1.54) is 80.0 Å². The van der Waals surface area contributed by atoms with Crippen LogP contribution in [0.3, 0.4) is 0 Å². The van der Waals surface area contributed by atoms with Crippen LogP contribution in [0.1, 0.15) is 0 Å². The molecule has 0 aliphatic rings. The molecule has 11 aromatic rings. The number of benzene rings is 9. The molecule has 222 valence electrons. The van der Waals surface area contributed by atoms with Crippen molar-refractivity contribution < 1.29 is 4.42 Å². The maximum absolute atomic E-state index is 6.82. The molecule has 2 heteroatoms. The van der Waals surface area contributed by atoms with Crippen molar-refractivity contribution in [2.24, 2.45) is 0 Å². The normalized spacial score (nSPS) is 12.2. The summed E-state index contributed by atoms with van der Waals surface area (Å²) in [5.74, 6) is 0. The summed E-state index contributed by atoms with van der Waals surface area (Å²) in [7, 11) is 0. The monoisotopic (exact) mass is 626 g/mol. The zero-order chi connectivity index (χ0) is 31.3. The van der Waals surface area contributed by atoms with Crippen LogP contribution in [0.15, 0.2) is 162 Å². The molecule has 0 aliphatic carbocycles. The van der Waals surface area contributed by atoms with Gasteiger partial charge in [-0.25, -0.2) is 0 Å². The van der Waals surface area contributed by atoms with Crippen LogP contribution in [-0.4, -0.2) is 0 Å². The van der Waals surface area contributed by atoms with E-state index in [1.54, 1.807) is 0 Å². The number of rotatable bonds is 2. The first-order chi connectivity index (χ1) is 23.8. The van der Waals surface area contributed by atoms with Gasteiger partial charge >= 0.3 is 0 Å². The maximum atomic E-state index is 6.82. The third-order valence-corrected chi connectivity index (χ3v) is 11.4. The molecule has 0 spiro atoms. The first-order valence-corrected chi connectivity index (χ1v) is 17.2. The lowest BCUT2D eigenvalue weighted by atomic mass is 9.85. The van der Waals surface area contributed by atoms with Crippen molar-refractivity contribution >= 4 is 96.5 Å². The SMILES string of the molecule is c1ccc2c(c1)sc1ccc(-c3c4ccccc4c(-c4ccc5c(c4)oc4c6ccccc6c6ccccc6c54)c4ccccc34)cc12. The summed E-state index contributed by atoms with van der Waals surface area (Å²) in [6.45, 7) is 0. The van der Waals surface area contributed by atoms with Crippen LogP contribution in [0.5, 0.6) is 0 Å². The van der Waals surface area contributed by atoms with Crippen LogP contribution in [0.25, 0.3) is 107 Å². The lowest BCUT2D eigenvalue weighted by molar-refractivity contribution is 0.673. The summed E-state index contributed by atoms with van der Waals surface area (Å²) in [5.41, 5.74) is 6.80. The lowest BCUT2D eigenvalue weighted by Gasteiger charge is -2.18. The molecule has 0 radical (unpaired) electrons. The van der Waals surface area contributed by atoms with E-state index < -0.39 is 0 Å². The van der Waals surface area contributed by atoms with Crippen molar-refractivity contribution in [3.63, 3.8) is 0 Å². The minimum atomic E-state index is 0.913. The van der Waals surface area contributed by atoms with Crippen molar-refractivity contribution in [3.8, 4) is 22.3 Å². The standard InChI is InChI=1S/C46H26OS/c1-3-14-32-29(11-1)30-12-2-8-19-37(30)46-45(32)38-23-21-28(26-40(38)47-46)44-35-17-6-4-15-33(35)43(34-16-5-7-18-36(34)44)27-22-24-42-39(25-27)31-13-9-10-20-41(31)48-42/h1-26H. The molecule has 1 nitrogen and oxygen atoms in total. The van der Waals surface area contributed by atoms with Gasteiger partial charge in [0.15, 0.2) is 0 Å². The minimum Gasteiger partial charge on any atom is -0.455 e. The predicted octanol–water partition coefficient (Wildman–Crippen LogP) is 13.9. The molecule has 0 bridgehead atoms. The van der Waals surface area contributed by atoms with Crippen LogP contribution in [0.4, 0.5) is 0 Å². The molecule has 0 amide bonds. The van der Waals surface area contributed by atoms with Gasteiger partial charge in [-0.05, 0) is 90.3 Å². The summed E-state index contributed by atoms with van der Waals surface area (Å²) in [6.07, 6.45) is 0. The largest absolute Gasteiger partial charge is 0.455 e. The van der Waals surface area contributed by atoms with Crippen molar-refractivity contribution in [2.75, 3.05) is 0 Å². The highest BCUT2D eigenvalue weighted by molar-refractivity contribution is 7.25. The Morgan fingerprint density at radius 1 is 0.333 bits per heavy atom. The Balaban J connectivity index is 1.21. The number of hydrogen-bond donors (Lipinski definition) is 0. The number of fused-ring (bicyclic) bond motifs is 13. The molecule has 0 N–H and O–H groups in total. The smallest absolute Gasteiger partial charge is 0.143 e. The second kappa shape index (κ2) is 9.78. The molecule has 0 aliphatic heterocycles. The first-order valence-electron chi connectivity index (χ1n) is 16.4. The average Bonchev–Trinajstić information content (AvgIpc) is 3.72. The van der Waals surface area contributed by atoms with Gasteiger partial charge in [0.25, 0.3) is 0 Å². The third-order valence-electron chi connectivity index (χ3n) is 10.2. The molecule has 0 saturated heterocycles. The second-order valence-electron chi connectivity index (χ2n) is 12.8. The first kappa shape index (κ1) is 26.1. The van der Waals surface area contributed by atoms with Crippen LogP contribution < -0.4 is 0 Å². The van der Waals surface area contributed by atoms with Gasteiger partial charge in [0.05, 0.1) is 0 Å². The van der Waals surface area contributed by atoms with E-state index in [9.17, 15) is 0 Å². The summed E-state index contributed by atoms with van der Waals surface area (Å²) in [6, 6.07) is 57.7. The summed E-state index contributed by atoms with van der Waals surface area (Å²) < 4.78 is 9.48.